The van der Waals surface area contributed by atoms with Gasteiger partial charge in [-0.15, -0.1) is 0 Å². The predicted molar refractivity (Wildman–Crippen MR) is 46.5 cm³/mol. The smallest absolute Gasteiger partial charge is 0.332 e. The van der Waals surface area contributed by atoms with Gasteiger partial charge in [0, 0.05) is 23.9 Å². The number of nitrogens with zero attached hydrogens (tertiary/aromatic N) is 1. The number of amides is 2. The van der Waals surface area contributed by atoms with E-state index in [2.05, 4.69) is 5.32 Å². The quantitative estimate of drug-likeness (QED) is 0.645. The Labute approximate surface area is 72.8 Å². The van der Waals surface area contributed by atoms with Gasteiger partial charge >= 0.3 is 6.03 Å². The number of hydrogen-bond donors (Lipinski definition) is 1. The Bertz CT molecular complexity index is 136. The molecule has 0 aromatic heterocycles. The molecule has 0 atom stereocenters. The van der Waals surface area contributed by atoms with Crippen LogP contribution in [0.15, 0.2) is 0 Å². The fraction of sp³-hybridized carbons (Fsp3) is 0.857. The van der Waals surface area contributed by atoms with Crippen molar-refractivity contribution in [3.8, 4) is 0 Å². The molecule has 0 bridgehead atoms. The third-order valence-corrected chi connectivity index (χ3v) is 1.60. The summed E-state index contributed by atoms with van der Waals surface area (Å²) in [4.78, 5) is 11.1. The molecule has 66 valence electrons. The van der Waals surface area contributed by atoms with Crippen LogP contribution in [0, 0.1) is 0 Å². The first kappa shape index (κ1) is 10.6. The van der Waals surface area contributed by atoms with Crippen LogP contribution in [0.3, 0.4) is 0 Å². The van der Waals surface area contributed by atoms with Gasteiger partial charge in [-0.1, -0.05) is 0 Å². The van der Waals surface area contributed by atoms with Gasteiger partial charge in [-0.2, -0.15) is 0 Å². The van der Waals surface area contributed by atoms with Gasteiger partial charge in [-0.25, -0.2) is 9.21 Å². The molecule has 0 radical (unpaired) electrons. The van der Waals surface area contributed by atoms with E-state index in [0.717, 1.165) is 4.42 Å². The van der Waals surface area contributed by atoms with E-state index in [1.807, 2.05) is 27.7 Å². The monoisotopic (exact) mass is 178 g/mol. The summed E-state index contributed by atoms with van der Waals surface area (Å²) < 4.78 is 1.15. The zero-order valence-electron chi connectivity index (χ0n) is 7.39. The fourth-order valence-electron chi connectivity index (χ4n) is 0.543. The van der Waals surface area contributed by atoms with E-state index in [0.29, 0.717) is 0 Å². The van der Waals surface area contributed by atoms with Gasteiger partial charge in [0.25, 0.3) is 0 Å². The van der Waals surface area contributed by atoms with Crippen LogP contribution < -0.4 is 5.32 Å². The molecule has 0 saturated heterocycles. The average Bonchev–Trinajstić information content (AvgIpc) is 1.84. The zero-order valence-corrected chi connectivity index (χ0v) is 8.14. The van der Waals surface area contributed by atoms with Crippen LogP contribution >= 0.6 is 11.8 Å². The lowest BCUT2D eigenvalue weighted by atomic mass is 10.4. The van der Waals surface area contributed by atoms with E-state index in [-0.39, 0.29) is 18.1 Å². The van der Waals surface area contributed by atoms with Crippen molar-refractivity contribution in [1.82, 2.24) is 9.74 Å². The molecule has 0 aromatic carbocycles. The van der Waals surface area contributed by atoms with Gasteiger partial charge < -0.3 is 5.32 Å². The SMILES string of the molecule is CC(C)NC(=O)N(Cl)C(C)C. The summed E-state index contributed by atoms with van der Waals surface area (Å²) in [6, 6.07) is -0.0883. The number of carbonyl (C=O) groups is 1. The minimum absolute atomic E-state index is 0.0235. The van der Waals surface area contributed by atoms with E-state index < -0.39 is 0 Å². The highest BCUT2D eigenvalue weighted by Crippen LogP contribution is 2.02. The van der Waals surface area contributed by atoms with Crippen molar-refractivity contribution in [3.63, 3.8) is 0 Å². The van der Waals surface area contributed by atoms with Gasteiger partial charge in [-0.3, -0.25) is 0 Å². The summed E-state index contributed by atoms with van der Waals surface area (Å²) in [7, 11) is 0. The number of nitrogens with one attached hydrogen (secondary N) is 1. The number of urea groups is 1. The molecule has 11 heavy (non-hydrogen) atoms. The van der Waals surface area contributed by atoms with Crippen molar-refractivity contribution in [1.29, 1.82) is 0 Å². The standard InChI is InChI=1S/C7H15ClN2O/c1-5(2)9-7(11)10(8)6(3)4/h5-6H,1-4H3,(H,9,11). The van der Waals surface area contributed by atoms with Crippen LogP contribution in [0.25, 0.3) is 0 Å². The van der Waals surface area contributed by atoms with Gasteiger partial charge in [-0.05, 0) is 27.7 Å². The van der Waals surface area contributed by atoms with Crippen molar-refractivity contribution < 1.29 is 4.79 Å². The van der Waals surface area contributed by atoms with Crippen LogP contribution in [0.5, 0.6) is 0 Å². The van der Waals surface area contributed by atoms with Crippen LogP contribution in [0.2, 0.25) is 0 Å². The molecule has 0 heterocycles. The maximum Gasteiger partial charge on any atom is 0.332 e. The summed E-state index contributed by atoms with van der Waals surface area (Å²) in [5, 5.41) is 2.68. The molecule has 0 saturated carbocycles. The first-order valence-electron chi connectivity index (χ1n) is 3.70. The van der Waals surface area contributed by atoms with Gasteiger partial charge in [0.15, 0.2) is 0 Å². The minimum atomic E-state index is -0.239. The van der Waals surface area contributed by atoms with Gasteiger partial charge in [0.05, 0.1) is 0 Å². The molecular formula is C7H15ClN2O. The number of hydrogen-bond acceptors (Lipinski definition) is 1. The Morgan fingerprint density at radius 2 is 1.82 bits per heavy atom. The van der Waals surface area contributed by atoms with Crippen molar-refractivity contribution >= 4 is 17.8 Å². The lowest BCUT2D eigenvalue weighted by Gasteiger charge is -2.19. The summed E-state index contributed by atoms with van der Waals surface area (Å²) >= 11 is 5.63. The lowest BCUT2D eigenvalue weighted by molar-refractivity contribution is 0.215. The summed E-state index contributed by atoms with van der Waals surface area (Å²) in [6.45, 7) is 7.49. The predicted octanol–water partition coefficient (Wildman–Crippen LogP) is 1.97. The second-order valence-corrected chi connectivity index (χ2v) is 3.37. The maximum absolute atomic E-state index is 11.1. The Balaban J connectivity index is 3.83. The minimum Gasteiger partial charge on any atom is -0.335 e. The maximum atomic E-state index is 11.1. The molecule has 4 heteroatoms. The Morgan fingerprint density at radius 3 is 2.09 bits per heavy atom. The fourth-order valence-corrected chi connectivity index (χ4v) is 0.592. The molecule has 1 N–H and O–H groups in total. The van der Waals surface area contributed by atoms with E-state index in [1.165, 1.54) is 0 Å². The second-order valence-electron chi connectivity index (χ2n) is 3.01. The van der Waals surface area contributed by atoms with E-state index in [1.54, 1.807) is 0 Å². The highest BCUT2D eigenvalue weighted by atomic mass is 35.5. The molecule has 0 rings (SSSR count). The zero-order chi connectivity index (χ0) is 9.02. The largest absolute Gasteiger partial charge is 0.335 e. The van der Waals surface area contributed by atoms with E-state index in [9.17, 15) is 4.79 Å². The average molecular weight is 179 g/mol. The van der Waals surface area contributed by atoms with Crippen molar-refractivity contribution in [2.24, 2.45) is 0 Å². The molecule has 0 unspecified atom stereocenters. The Morgan fingerprint density at radius 1 is 1.36 bits per heavy atom. The highest BCUT2D eigenvalue weighted by Gasteiger charge is 2.14. The molecule has 0 fully saturated rings. The van der Waals surface area contributed by atoms with Crippen LogP contribution in [-0.2, 0) is 0 Å². The molecule has 2 amide bonds. The van der Waals surface area contributed by atoms with Crippen LogP contribution in [0.1, 0.15) is 27.7 Å². The second kappa shape index (κ2) is 4.44. The number of halogens is 1. The molecule has 0 aliphatic carbocycles. The first-order chi connectivity index (χ1) is 4.95. The van der Waals surface area contributed by atoms with Gasteiger partial charge in [0.1, 0.15) is 0 Å². The third-order valence-electron chi connectivity index (χ3n) is 1.06. The molecule has 0 aliphatic heterocycles. The highest BCUT2D eigenvalue weighted by molar-refractivity contribution is 6.21. The summed E-state index contributed by atoms with van der Waals surface area (Å²) in [5.74, 6) is 0. The normalized spacial score (nSPS) is 10.5. The Hall–Kier alpha value is -0.440. The van der Waals surface area contributed by atoms with Gasteiger partial charge in [0.2, 0.25) is 0 Å². The molecular weight excluding hydrogens is 164 g/mol. The topological polar surface area (TPSA) is 32.3 Å². The first-order valence-corrected chi connectivity index (χ1v) is 4.04. The van der Waals surface area contributed by atoms with Crippen LogP contribution in [0.4, 0.5) is 4.79 Å². The van der Waals surface area contributed by atoms with E-state index in [4.69, 9.17) is 11.8 Å². The van der Waals surface area contributed by atoms with E-state index >= 15 is 0 Å². The number of rotatable bonds is 2. The lowest BCUT2D eigenvalue weighted by Crippen LogP contribution is -2.40. The van der Waals surface area contributed by atoms with Crippen LogP contribution in [-0.4, -0.2) is 22.5 Å². The summed E-state index contributed by atoms with van der Waals surface area (Å²) in [5.41, 5.74) is 0. The molecule has 3 nitrogen and oxygen atoms in total. The van der Waals surface area contributed by atoms with Crippen molar-refractivity contribution in [2.75, 3.05) is 0 Å². The van der Waals surface area contributed by atoms with Crippen molar-refractivity contribution in [2.45, 2.75) is 39.8 Å². The Kier molecular flexibility index (Phi) is 4.26. The molecule has 0 aromatic rings. The third kappa shape index (κ3) is 4.09. The summed E-state index contributed by atoms with van der Waals surface area (Å²) in [6.07, 6.45) is 0. The molecule has 0 spiro atoms. The van der Waals surface area contributed by atoms with Crippen molar-refractivity contribution in [3.05, 3.63) is 0 Å². The number of carbonyl (C=O) groups excluding carboxylic acids is 1. The molecule has 0 aliphatic rings.